The quantitative estimate of drug-likeness (QED) is 0.873. The Morgan fingerprint density at radius 1 is 1.19 bits per heavy atom. The smallest absolute Gasteiger partial charge is 0.261 e. The van der Waals surface area contributed by atoms with Crippen LogP contribution in [0, 0.1) is 0 Å². The molecule has 0 radical (unpaired) electrons. The number of carbonyl (C=O) groups is 1. The Kier molecular flexibility index (Phi) is 5.27. The van der Waals surface area contributed by atoms with Crippen LogP contribution in [0.25, 0.3) is 0 Å². The second-order valence-electron chi connectivity index (χ2n) is 7.36. The second-order valence-corrected chi connectivity index (χ2v) is 8.31. The lowest BCUT2D eigenvalue weighted by Crippen LogP contribution is -2.40. The largest absolute Gasteiger partial charge is 0.374 e. The fraction of sp³-hybridized carbons (Fsp3) is 0.476. The van der Waals surface area contributed by atoms with Gasteiger partial charge in [-0.25, -0.2) is 0 Å². The molecule has 1 unspecified atom stereocenters. The average molecular weight is 370 g/mol. The van der Waals surface area contributed by atoms with Gasteiger partial charge in [-0.1, -0.05) is 24.6 Å². The predicted octanol–water partition coefficient (Wildman–Crippen LogP) is 3.70. The zero-order valence-corrected chi connectivity index (χ0v) is 16.2. The highest BCUT2D eigenvalue weighted by atomic mass is 32.1. The summed E-state index contributed by atoms with van der Waals surface area (Å²) in [4.78, 5) is 18.1. The minimum Gasteiger partial charge on any atom is -0.374 e. The highest BCUT2D eigenvalue weighted by molar-refractivity contribution is 7.12. The number of fused-ring (bicyclic) bond motifs is 1. The van der Waals surface area contributed by atoms with E-state index in [-0.39, 0.29) is 11.9 Å². The zero-order valence-electron chi connectivity index (χ0n) is 15.4. The van der Waals surface area contributed by atoms with E-state index in [2.05, 4.69) is 40.4 Å². The van der Waals surface area contributed by atoms with Gasteiger partial charge in [0.2, 0.25) is 0 Å². The first-order valence-electron chi connectivity index (χ1n) is 9.62. The minimum atomic E-state index is 0.0444. The summed E-state index contributed by atoms with van der Waals surface area (Å²) in [5.74, 6) is 0.0444. The van der Waals surface area contributed by atoms with Gasteiger partial charge in [-0.3, -0.25) is 9.69 Å². The number of anilines is 1. The van der Waals surface area contributed by atoms with Gasteiger partial charge in [-0.15, -0.1) is 11.3 Å². The lowest BCUT2D eigenvalue weighted by molar-refractivity contribution is 0.0928. The van der Waals surface area contributed by atoms with Crippen molar-refractivity contribution in [2.24, 2.45) is 0 Å². The summed E-state index contributed by atoms with van der Waals surface area (Å²) in [6.07, 6.45) is 4.94. The zero-order chi connectivity index (χ0) is 17.9. The molecule has 1 fully saturated rings. The summed E-state index contributed by atoms with van der Waals surface area (Å²) in [6, 6.07) is 11.0. The van der Waals surface area contributed by atoms with E-state index in [9.17, 15) is 4.79 Å². The van der Waals surface area contributed by atoms with E-state index < -0.39 is 0 Å². The number of hydrogen-bond acceptors (Lipinski definition) is 4. The normalized spacial score (nSPS) is 18.6. The SMILES string of the molecule is CN1CCc2cc(C(CNC(=O)c3cccs3)N3CCCCC3)ccc21. The van der Waals surface area contributed by atoms with Crippen LogP contribution in [0.4, 0.5) is 5.69 Å². The lowest BCUT2D eigenvalue weighted by Gasteiger charge is -2.35. The van der Waals surface area contributed by atoms with Crippen molar-refractivity contribution >= 4 is 22.9 Å². The molecule has 1 amide bonds. The highest BCUT2D eigenvalue weighted by Gasteiger charge is 2.25. The molecule has 2 aliphatic heterocycles. The number of thiophene rings is 1. The molecule has 0 saturated carbocycles. The third-order valence-electron chi connectivity index (χ3n) is 5.65. The number of likely N-dealkylation sites (N-methyl/N-ethyl adjacent to an activating group) is 1. The standard InChI is InChI=1S/C21H27N3OS/c1-23-12-9-17-14-16(7-8-18(17)23)19(24-10-3-2-4-11-24)15-22-21(25)20-6-5-13-26-20/h5-8,13-14,19H,2-4,9-12,15H2,1H3,(H,22,25). The Labute approximate surface area is 159 Å². The van der Waals surface area contributed by atoms with E-state index in [1.54, 1.807) is 0 Å². The highest BCUT2D eigenvalue weighted by Crippen LogP contribution is 2.32. The number of carbonyl (C=O) groups excluding carboxylic acids is 1. The van der Waals surface area contributed by atoms with E-state index in [0.29, 0.717) is 6.54 Å². The molecule has 0 aliphatic carbocycles. The molecular formula is C21H27N3OS. The lowest BCUT2D eigenvalue weighted by atomic mass is 9.98. The molecule has 26 heavy (non-hydrogen) atoms. The number of piperidine rings is 1. The molecule has 1 saturated heterocycles. The van der Waals surface area contributed by atoms with E-state index >= 15 is 0 Å². The van der Waals surface area contributed by atoms with E-state index in [0.717, 1.165) is 30.9 Å². The van der Waals surface area contributed by atoms with E-state index in [1.165, 1.54) is 47.4 Å². The van der Waals surface area contributed by atoms with Gasteiger partial charge in [0.1, 0.15) is 0 Å². The van der Waals surface area contributed by atoms with Crippen molar-refractivity contribution in [3.63, 3.8) is 0 Å². The first-order valence-corrected chi connectivity index (χ1v) is 10.5. The first kappa shape index (κ1) is 17.6. The van der Waals surface area contributed by atoms with Gasteiger partial charge in [-0.05, 0) is 61.0 Å². The Bertz CT molecular complexity index is 753. The van der Waals surface area contributed by atoms with Crippen LogP contribution in [0.1, 0.15) is 46.1 Å². The van der Waals surface area contributed by atoms with E-state index in [1.807, 2.05) is 17.5 Å². The molecule has 2 aromatic rings. The molecule has 1 N–H and O–H groups in total. The molecule has 4 nitrogen and oxygen atoms in total. The number of benzene rings is 1. The summed E-state index contributed by atoms with van der Waals surface area (Å²) >= 11 is 1.50. The number of likely N-dealkylation sites (tertiary alicyclic amines) is 1. The molecule has 5 heteroatoms. The molecule has 0 spiro atoms. The van der Waals surface area contributed by atoms with Crippen molar-refractivity contribution in [2.75, 3.05) is 38.1 Å². The number of rotatable bonds is 5. The van der Waals surface area contributed by atoms with Crippen molar-refractivity contribution in [1.29, 1.82) is 0 Å². The van der Waals surface area contributed by atoms with Crippen LogP contribution in [-0.2, 0) is 6.42 Å². The second kappa shape index (κ2) is 7.80. The average Bonchev–Trinajstić information content (AvgIpc) is 3.33. The van der Waals surface area contributed by atoms with Gasteiger partial charge < -0.3 is 10.2 Å². The molecule has 4 rings (SSSR count). The number of nitrogens with zero attached hydrogens (tertiary/aromatic N) is 2. The molecular weight excluding hydrogens is 342 g/mol. The van der Waals surface area contributed by atoms with Crippen molar-refractivity contribution in [1.82, 2.24) is 10.2 Å². The molecule has 3 heterocycles. The van der Waals surface area contributed by atoms with Crippen molar-refractivity contribution < 1.29 is 4.79 Å². The number of nitrogens with one attached hydrogen (secondary N) is 1. The van der Waals surface area contributed by atoms with Gasteiger partial charge in [0, 0.05) is 25.8 Å². The minimum absolute atomic E-state index is 0.0444. The maximum absolute atomic E-state index is 12.4. The molecule has 1 aromatic carbocycles. The topological polar surface area (TPSA) is 35.6 Å². The van der Waals surface area contributed by atoms with Gasteiger partial charge in [0.15, 0.2) is 0 Å². The Morgan fingerprint density at radius 2 is 2.04 bits per heavy atom. The summed E-state index contributed by atoms with van der Waals surface area (Å²) in [5, 5.41) is 5.13. The van der Waals surface area contributed by atoms with Crippen LogP contribution in [0.15, 0.2) is 35.7 Å². The predicted molar refractivity (Wildman–Crippen MR) is 108 cm³/mol. The van der Waals surface area contributed by atoms with Crippen molar-refractivity contribution in [3.8, 4) is 0 Å². The molecule has 1 aromatic heterocycles. The van der Waals surface area contributed by atoms with Crippen LogP contribution < -0.4 is 10.2 Å². The fourth-order valence-electron chi connectivity index (χ4n) is 4.17. The Morgan fingerprint density at radius 3 is 2.81 bits per heavy atom. The molecule has 0 bridgehead atoms. The van der Waals surface area contributed by atoms with Crippen LogP contribution in [0.3, 0.4) is 0 Å². The maximum Gasteiger partial charge on any atom is 0.261 e. The number of hydrogen-bond donors (Lipinski definition) is 1. The van der Waals surface area contributed by atoms with Crippen molar-refractivity contribution in [3.05, 3.63) is 51.7 Å². The maximum atomic E-state index is 12.4. The monoisotopic (exact) mass is 369 g/mol. The van der Waals surface area contributed by atoms with Crippen molar-refractivity contribution in [2.45, 2.75) is 31.7 Å². The van der Waals surface area contributed by atoms with E-state index in [4.69, 9.17) is 0 Å². The molecule has 138 valence electrons. The van der Waals surface area contributed by atoms with Gasteiger partial charge in [0.25, 0.3) is 5.91 Å². The van der Waals surface area contributed by atoms with Gasteiger partial charge in [-0.2, -0.15) is 0 Å². The molecule has 2 aliphatic rings. The van der Waals surface area contributed by atoms with Gasteiger partial charge in [0.05, 0.1) is 10.9 Å². The van der Waals surface area contributed by atoms with Gasteiger partial charge >= 0.3 is 0 Å². The third kappa shape index (κ3) is 3.64. The fourth-order valence-corrected chi connectivity index (χ4v) is 4.81. The summed E-state index contributed by atoms with van der Waals surface area (Å²) in [5.41, 5.74) is 4.14. The van der Waals surface area contributed by atoms with Crippen LogP contribution >= 0.6 is 11.3 Å². The first-order chi connectivity index (χ1) is 12.7. The Hall–Kier alpha value is -1.85. The summed E-state index contributed by atoms with van der Waals surface area (Å²) in [6.45, 7) is 4.01. The number of amides is 1. The summed E-state index contributed by atoms with van der Waals surface area (Å²) in [7, 11) is 2.16. The van der Waals surface area contributed by atoms with Crippen LogP contribution in [-0.4, -0.2) is 44.0 Å². The third-order valence-corrected chi connectivity index (χ3v) is 6.52. The molecule has 1 atom stereocenters. The van der Waals surface area contributed by atoms with Crippen LogP contribution in [0.2, 0.25) is 0 Å². The Balaban J connectivity index is 1.54. The summed E-state index contributed by atoms with van der Waals surface area (Å²) < 4.78 is 0. The van der Waals surface area contributed by atoms with Crippen LogP contribution in [0.5, 0.6) is 0 Å².